The van der Waals surface area contributed by atoms with Crippen molar-refractivity contribution >= 4 is 17.5 Å². The lowest BCUT2D eigenvalue weighted by molar-refractivity contribution is -0.127. The second-order valence-corrected chi connectivity index (χ2v) is 8.89. The van der Waals surface area contributed by atoms with Gasteiger partial charge in [-0.05, 0) is 29.7 Å². The number of primary amides is 1. The lowest BCUT2D eigenvalue weighted by Crippen LogP contribution is -2.54. The molecule has 0 radical (unpaired) electrons. The first kappa shape index (κ1) is 22.4. The fourth-order valence-corrected chi connectivity index (χ4v) is 3.80. The number of nitrogens with zero attached hydrogens (tertiary/aromatic N) is 2. The summed E-state index contributed by atoms with van der Waals surface area (Å²) in [5, 5.41) is 12.7. The second-order valence-electron chi connectivity index (χ2n) is 8.89. The van der Waals surface area contributed by atoms with E-state index >= 15 is 0 Å². The fraction of sp³-hybridized carbons (Fsp3) is 0.400. The maximum Gasteiger partial charge on any atom is 0.223 e. The van der Waals surface area contributed by atoms with Crippen molar-refractivity contribution in [2.24, 2.45) is 11.1 Å². The molecule has 0 bridgehead atoms. The molecule has 162 valence electrons. The summed E-state index contributed by atoms with van der Waals surface area (Å²) in [5.74, 6) is -0.642. The van der Waals surface area contributed by atoms with Crippen LogP contribution in [0.5, 0.6) is 0 Å². The molecule has 2 aromatic rings. The summed E-state index contributed by atoms with van der Waals surface area (Å²) in [5.41, 5.74) is 7.20. The number of anilines is 1. The normalized spacial score (nSPS) is 15.7. The van der Waals surface area contributed by atoms with E-state index in [0.29, 0.717) is 32.4 Å². The molecule has 31 heavy (non-hydrogen) atoms. The largest absolute Gasteiger partial charge is 0.371 e. The molecule has 6 heteroatoms. The molecule has 0 aromatic heterocycles. The minimum absolute atomic E-state index is 0.169. The molecular formula is C25H30N4O2. The quantitative estimate of drug-likeness (QED) is 0.717. The molecule has 1 saturated heterocycles. The van der Waals surface area contributed by atoms with Gasteiger partial charge in [-0.3, -0.25) is 9.59 Å². The van der Waals surface area contributed by atoms with Crippen LogP contribution in [0.15, 0.2) is 54.6 Å². The highest BCUT2D eigenvalue weighted by Gasteiger charge is 2.37. The topological polar surface area (TPSA) is 99.2 Å². The molecule has 0 unspecified atom stereocenters. The Labute approximate surface area is 184 Å². The van der Waals surface area contributed by atoms with Gasteiger partial charge in [-0.25, -0.2) is 0 Å². The van der Waals surface area contributed by atoms with Crippen molar-refractivity contribution < 1.29 is 9.59 Å². The number of rotatable bonds is 7. The molecule has 0 saturated carbocycles. The smallest absolute Gasteiger partial charge is 0.223 e. The van der Waals surface area contributed by atoms with Crippen LogP contribution in [0.2, 0.25) is 0 Å². The van der Waals surface area contributed by atoms with Gasteiger partial charge in [-0.1, -0.05) is 56.3 Å². The van der Waals surface area contributed by atoms with Crippen LogP contribution in [-0.4, -0.2) is 30.4 Å². The van der Waals surface area contributed by atoms with E-state index in [4.69, 9.17) is 5.73 Å². The van der Waals surface area contributed by atoms with Crippen LogP contribution in [0.4, 0.5) is 5.69 Å². The van der Waals surface area contributed by atoms with Gasteiger partial charge in [0.25, 0.3) is 0 Å². The monoisotopic (exact) mass is 418 g/mol. The van der Waals surface area contributed by atoms with Gasteiger partial charge in [0.05, 0.1) is 6.07 Å². The van der Waals surface area contributed by atoms with Crippen molar-refractivity contribution in [3.05, 3.63) is 54.6 Å². The highest BCUT2D eigenvalue weighted by atomic mass is 16.2. The number of nitrogens with one attached hydrogen (secondary N) is 1. The summed E-state index contributed by atoms with van der Waals surface area (Å²) in [6.07, 6.45) is 1.62. The number of nitriles is 1. The van der Waals surface area contributed by atoms with Crippen LogP contribution in [0.1, 0.15) is 39.5 Å². The molecule has 1 fully saturated rings. The Bertz CT molecular complexity index is 971. The first-order valence-electron chi connectivity index (χ1n) is 10.7. The average Bonchev–Trinajstić information content (AvgIpc) is 2.79. The van der Waals surface area contributed by atoms with Crippen molar-refractivity contribution in [3.8, 4) is 17.2 Å². The highest BCUT2D eigenvalue weighted by Crippen LogP contribution is 2.30. The third-order valence-corrected chi connectivity index (χ3v) is 6.17. The highest BCUT2D eigenvalue weighted by molar-refractivity contribution is 5.82. The summed E-state index contributed by atoms with van der Waals surface area (Å²) < 4.78 is 0. The van der Waals surface area contributed by atoms with Gasteiger partial charge in [0.2, 0.25) is 11.8 Å². The number of nitrogens with two attached hydrogens (primary N) is 1. The predicted molar refractivity (Wildman–Crippen MR) is 122 cm³/mol. The first-order chi connectivity index (χ1) is 14.7. The third-order valence-electron chi connectivity index (χ3n) is 6.17. The SMILES string of the molecule is CC(C)(CCC(=O)NC1(C#N)CCN(c2cccc(-c3ccccc3)c2)CC1)C(N)=O. The van der Waals surface area contributed by atoms with Crippen LogP contribution >= 0.6 is 0 Å². The van der Waals surface area contributed by atoms with E-state index in [2.05, 4.69) is 46.6 Å². The second kappa shape index (κ2) is 9.22. The molecular weight excluding hydrogens is 388 g/mol. The number of piperidine rings is 1. The van der Waals surface area contributed by atoms with E-state index in [9.17, 15) is 14.9 Å². The molecule has 3 N–H and O–H groups in total. The maximum atomic E-state index is 12.5. The Morgan fingerprint density at radius 1 is 1.10 bits per heavy atom. The number of hydrogen-bond acceptors (Lipinski definition) is 4. The minimum Gasteiger partial charge on any atom is -0.371 e. The van der Waals surface area contributed by atoms with E-state index < -0.39 is 16.9 Å². The number of amides is 2. The third kappa shape index (κ3) is 5.43. The Balaban J connectivity index is 1.61. The van der Waals surface area contributed by atoms with Crippen LogP contribution in [0, 0.1) is 16.7 Å². The number of hydrogen-bond donors (Lipinski definition) is 2. The van der Waals surface area contributed by atoms with Crippen molar-refractivity contribution in [2.75, 3.05) is 18.0 Å². The zero-order valence-corrected chi connectivity index (χ0v) is 18.2. The van der Waals surface area contributed by atoms with Crippen molar-refractivity contribution in [1.29, 1.82) is 5.26 Å². The zero-order chi connectivity index (χ0) is 22.5. The molecule has 0 atom stereocenters. The van der Waals surface area contributed by atoms with Crippen molar-refractivity contribution in [3.63, 3.8) is 0 Å². The van der Waals surface area contributed by atoms with Crippen LogP contribution in [0.25, 0.3) is 11.1 Å². The van der Waals surface area contributed by atoms with E-state index in [1.165, 1.54) is 5.56 Å². The van der Waals surface area contributed by atoms with Crippen LogP contribution < -0.4 is 16.0 Å². The molecule has 2 aromatic carbocycles. The summed E-state index contributed by atoms with van der Waals surface area (Å²) in [7, 11) is 0. The molecule has 1 aliphatic rings. The van der Waals surface area contributed by atoms with Gasteiger partial charge in [0.1, 0.15) is 5.54 Å². The van der Waals surface area contributed by atoms with Crippen LogP contribution in [0.3, 0.4) is 0 Å². The van der Waals surface area contributed by atoms with Gasteiger partial charge in [0, 0.05) is 43.5 Å². The van der Waals surface area contributed by atoms with E-state index in [1.807, 2.05) is 24.3 Å². The Hall–Kier alpha value is -3.33. The van der Waals surface area contributed by atoms with Gasteiger partial charge >= 0.3 is 0 Å². The Kier molecular flexibility index (Phi) is 6.65. The first-order valence-corrected chi connectivity index (χ1v) is 10.7. The number of benzene rings is 2. The Morgan fingerprint density at radius 3 is 2.35 bits per heavy atom. The maximum absolute atomic E-state index is 12.5. The molecule has 1 heterocycles. The molecule has 2 amide bonds. The van der Waals surface area contributed by atoms with E-state index in [1.54, 1.807) is 13.8 Å². The van der Waals surface area contributed by atoms with Gasteiger partial charge in [0.15, 0.2) is 0 Å². The average molecular weight is 419 g/mol. The summed E-state index contributed by atoms with van der Waals surface area (Å²) >= 11 is 0. The number of carbonyl (C=O) groups excluding carboxylic acids is 2. The standard InChI is InChI=1S/C25H30N4O2/c1-24(2,23(27)31)12-11-22(30)28-25(18-26)13-15-29(16-14-25)21-10-6-9-20(17-21)19-7-4-3-5-8-19/h3-10,17H,11-16H2,1-2H3,(H2,27,31)(H,28,30). The molecule has 3 rings (SSSR count). The van der Waals surface area contributed by atoms with Crippen molar-refractivity contribution in [2.45, 2.75) is 45.1 Å². The molecule has 1 aliphatic heterocycles. The van der Waals surface area contributed by atoms with E-state index in [0.717, 1.165) is 11.3 Å². The summed E-state index contributed by atoms with van der Waals surface area (Å²) in [4.78, 5) is 26.2. The van der Waals surface area contributed by atoms with Gasteiger partial charge in [-0.2, -0.15) is 5.26 Å². The molecule has 6 nitrogen and oxygen atoms in total. The molecule has 0 aliphatic carbocycles. The van der Waals surface area contributed by atoms with Crippen LogP contribution in [-0.2, 0) is 9.59 Å². The molecule has 0 spiro atoms. The van der Waals surface area contributed by atoms with Gasteiger partial charge < -0.3 is 16.0 Å². The fourth-order valence-electron chi connectivity index (χ4n) is 3.80. The minimum atomic E-state index is -0.874. The van der Waals surface area contributed by atoms with Crippen molar-refractivity contribution in [1.82, 2.24) is 5.32 Å². The number of carbonyl (C=O) groups is 2. The van der Waals surface area contributed by atoms with E-state index in [-0.39, 0.29) is 12.3 Å². The predicted octanol–water partition coefficient (Wildman–Crippen LogP) is 3.62. The Morgan fingerprint density at radius 2 is 1.74 bits per heavy atom. The zero-order valence-electron chi connectivity index (χ0n) is 18.2. The lowest BCUT2D eigenvalue weighted by Gasteiger charge is -2.39. The summed E-state index contributed by atoms with van der Waals surface area (Å²) in [6, 6.07) is 20.9. The van der Waals surface area contributed by atoms with Gasteiger partial charge in [-0.15, -0.1) is 0 Å². The summed E-state index contributed by atoms with van der Waals surface area (Å²) in [6.45, 7) is 4.81. The lowest BCUT2D eigenvalue weighted by atomic mass is 9.85.